The fraction of sp³-hybridized carbons (Fsp3) is 0.423. The van der Waals surface area contributed by atoms with Gasteiger partial charge in [0, 0.05) is 82.0 Å². The number of halogens is 1. The molecule has 0 bridgehead atoms. The topological polar surface area (TPSA) is 140 Å². The lowest BCUT2D eigenvalue weighted by molar-refractivity contribution is -0.137. The lowest BCUT2D eigenvalue weighted by Gasteiger charge is -2.17. The Morgan fingerprint density at radius 1 is 0.547 bits per heavy atom. The van der Waals surface area contributed by atoms with Crippen molar-refractivity contribution in [3.63, 3.8) is 0 Å². The first kappa shape index (κ1) is 51.1. The van der Waals surface area contributed by atoms with E-state index >= 15 is 0 Å². The number of para-hydroxylation sites is 2. The van der Waals surface area contributed by atoms with Gasteiger partial charge in [0.2, 0.25) is 17.3 Å². The van der Waals surface area contributed by atoms with Gasteiger partial charge in [0.15, 0.2) is 0 Å². The number of esters is 1. The molecule has 0 N–H and O–H groups in total. The summed E-state index contributed by atoms with van der Waals surface area (Å²) < 4.78 is 18.8. The van der Waals surface area contributed by atoms with Crippen LogP contribution >= 0.6 is 11.6 Å². The molecule has 6 rings (SSSR count). The van der Waals surface area contributed by atoms with Crippen molar-refractivity contribution in [3.8, 4) is 0 Å². The molecule has 12 heteroatoms. The van der Waals surface area contributed by atoms with Crippen LogP contribution in [0.1, 0.15) is 107 Å². The van der Waals surface area contributed by atoms with E-state index in [0.29, 0.717) is 5.92 Å². The highest BCUT2D eigenvalue weighted by molar-refractivity contribution is 6.81. The molecular formula is C52H63ClN2O9. The molecule has 6 aromatic rings. The summed E-state index contributed by atoms with van der Waals surface area (Å²) in [7, 11) is 2.69. The summed E-state index contributed by atoms with van der Waals surface area (Å²) in [5.74, 6) is -2.33. The van der Waals surface area contributed by atoms with Crippen molar-refractivity contribution >= 4 is 89.6 Å². The van der Waals surface area contributed by atoms with Gasteiger partial charge in [-0.2, -0.15) is 0 Å². The summed E-state index contributed by atoms with van der Waals surface area (Å²) in [5, 5.41) is 3.29. The summed E-state index contributed by atoms with van der Waals surface area (Å²) in [6, 6.07) is 28.0. The molecule has 0 aliphatic heterocycles. The number of carbonyl (C=O) groups is 6. The van der Waals surface area contributed by atoms with Crippen LogP contribution in [0.2, 0.25) is 0 Å². The highest BCUT2D eigenvalue weighted by Gasteiger charge is 2.23. The van der Waals surface area contributed by atoms with Crippen LogP contribution in [-0.2, 0) is 46.5 Å². The normalized spacial score (nSPS) is 12.0. The van der Waals surface area contributed by atoms with E-state index in [1.165, 1.54) is 61.7 Å². The third-order valence-corrected chi connectivity index (χ3v) is 11.7. The minimum absolute atomic E-state index is 0.114. The maximum Gasteiger partial charge on any atom is 0.379 e. The van der Waals surface area contributed by atoms with Gasteiger partial charge in [0.1, 0.15) is 13.2 Å². The number of hydrogen-bond acceptors (Lipinski definition) is 9. The van der Waals surface area contributed by atoms with Crippen LogP contribution in [0.25, 0.3) is 43.6 Å². The fourth-order valence-electron chi connectivity index (χ4n) is 7.99. The number of unbranched alkanes of at least 4 members (excludes halogenated alkanes) is 2. The molecule has 0 aliphatic rings. The maximum atomic E-state index is 12.6. The number of nitrogens with zero attached hydrogens (tertiary/aromatic N) is 2. The zero-order valence-electron chi connectivity index (χ0n) is 38.4. The first-order chi connectivity index (χ1) is 30.9. The highest BCUT2D eigenvalue weighted by atomic mass is 35.5. The first-order valence-electron chi connectivity index (χ1n) is 22.4. The average Bonchev–Trinajstić information content (AvgIpc) is 3.79. The molecule has 0 radical (unpaired) electrons. The number of hydrogen-bond donors (Lipinski definition) is 0. The molecule has 0 saturated carbocycles. The maximum absolute atomic E-state index is 12.6. The molecule has 11 nitrogen and oxygen atoms in total. The molecule has 2 unspecified atom stereocenters. The van der Waals surface area contributed by atoms with Gasteiger partial charge in [-0.3, -0.25) is 24.0 Å². The van der Waals surface area contributed by atoms with Crippen molar-refractivity contribution < 1.29 is 43.0 Å². The van der Waals surface area contributed by atoms with Gasteiger partial charge in [0.25, 0.3) is 11.0 Å². The van der Waals surface area contributed by atoms with E-state index in [1.807, 2.05) is 12.1 Å². The van der Waals surface area contributed by atoms with Crippen LogP contribution in [0.5, 0.6) is 0 Å². The monoisotopic (exact) mass is 894 g/mol. The van der Waals surface area contributed by atoms with Gasteiger partial charge in [-0.05, 0) is 91.7 Å². The number of benzene rings is 4. The van der Waals surface area contributed by atoms with E-state index in [2.05, 4.69) is 90.1 Å². The molecule has 64 heavy (non-hydrogen) atoms. The van der Waals surface area contributed by atoms with Crippen molar-refractivity contribution in [2.45, 2.75) is 99.1 Å². The van der Waals surface area contributed by atoms with E-state index in [-0.39, 0.29) is 30.9 Å². The summed E-state index contributed by atoms with van der Waals surface area (Å²) in [4.78, 5) is 69.4. The Hall–Kier alpha value is -5.49. The minimum atomic E-state index is -0.980. The Labute approximate surface area is 381 Å². The molecule has 4 aromatic carbocycles. The molecule has 0 spiro atoms. The molecule has 0 saturated heterocycles. The van der Waals surface area contributed by atoms with E-state index in [4.69, 9.17) is 21.1 Å². The number of Topliss-reactive ketones (excluding diaryl/α,β-unsaturated/α-hetero) is 4. The number of ether oxygens (including phenoxy) is 3. The Balaban J connectivity index is 0.000000259. The van der Waals surface area contributed by atoms with Crippen LogP contribution in [0.3, 0.4) is 0 Å². The lowest BCUT2D eigenvalue weighted by Crippen LogP contribution is -2.19. The standard InChI is InChI=1S/C28H33NO6.C20H25N.C4H5ClO3/c1-5-8-9-18(6-2)16-29-23-12-10-19(26(31)25(30)17-34-4)14-21(23)22-15-20(11-13-24(22)29)27(32)28(33)35-7-3;1-3-5-10-16(4-2)15-21-19-13-8-6-11-17(19)18-12-7-9-14-20(18)21;1-8-2-3(6)4(5)7/h10-15,18H,5-9,16-17H2,1-4H3;6-9,11-14,16H,3-5,10,15H2,1-2H3;2H2,1H3. The average molecular weight is 896 g/mol. The van der Waals surface area contributed by atoms with Crippen molar-refractivity contribution in [1.82, 2.24) is 9.13 Å². The molecule has 2 heterocycles. The smallest absolute Gasteiger partial charge is 0.379 e. The van der Waals surface area contributed by atoms with Gasteiger partial charge in [-0.1, -0.05) is 103 Å². The number of aromatic nitrogens is 2. The zero-order valence-corrected chi connectivity index (χ0v) is 39.1. The number of methoxy groups -OCH3 is 2. The Morgan fingerprint density at radius 2 is 0.969 bits per heavy atom. The van der Waals surface area contributed by atoms with Crippen LogP contribution in [0.4, 0.5) is 0 Å². The van der Waals surface area contributed by atoms with Gasteiger partial charge in [0.05, 0.1) is 6.61 Å². The van der Waals surface area contributed by atoms with Crippen LogP contribution < -0.4 is 0 Å². The van der Waals surface area contributed by atoms with Crippen molar-refractivity contribution in [2.24, 2.45) is 11.8 Å². The Morgan fingerprint density at radius 3 is 1.36 bits per heavy atom. The number of ketones is 4. The quantitative estimate of drug-likeness (QED) is 0.0282. The van der Waals surface area contributed by atoms with Crippen molar-refractivity contribution in [2.75, 3.05) is 34.0 Å². The number of carbonyl (C=O) groups excluding carboxylic acids is 6. The fourth-order valence-corrected chi connectivity index (χ4v) is 8.05. The Bertz CT molecular complexity index is 2410. The third kappa shape index (κ3) is 13.1. The number of rotatable bonds is 22. The van der Waals surface area contributed by atoms with Gasteiger partial charge in [-0.15, -0.1) is 0 Å². The van der Waals surface area contributed by atoms with E-state index in [0.717, 1.165) is 66.5 Å². The summed E-state index contributed by atoms with van der Waals surface area (Å²) in [6.45, 7) is 12.1. The molecular weight excluding hydrogens is 832 g/mol. The molecule has 2 aromatic heterocycles. The molecule has 0 fully saturated rings. The SMILES string of the molecule is CCCCC(CC)Cn1c2ccc(C(=O)C(=O)COC)cc2c2cc(C(=O)C(=O)OCC)ccc21.CCCCC(CC)Cn1c2ccccc2c2ccccc21.COCC(=O)C(=O)Cl. The molecule has 2 atom stereocenters. The van der Waals surface area contributed by atoms with E-state index in [1.54, 1.807) is 31.2 Å². The summed E-state index contributed by atoms with van der Waals surface area (Å²) in [5.41, 5.74) is 5.07. The first-order valence-corrected chi connectivity index (χ1v) is 22.8. The highest BCUT2D eigenvalue weighted by Crippen LogP contribution is 2.34. The van der Waals surface area contributed by atoms with Gasteiger partial charge in [-0.25, -0.2) is 4.79 Å². The van der Waals surface area contributed by atoms with Crippen molar-refractivity contribution in [3.05, 3.63) is 96.1 Å². The summed E-state index contributed by atoms with van der Waals surface area (Å²) in [6.07, 6.45) is 9.66. The van der Waals surface area contributed by atoms with Crippen LogP contribution in [0, 0.1) is 11.8 Å². The lowest BCUT2D eigenvalue weighted by atomic mass is 9.99. The number of fused-ring (bicyclic) bond motifs is 6. The van der Waals surface area contributed by atoms with Gasteiger partial charge >= 0.3 is 5.97 Å². The predicted molar refractivity (Wildman–Crippen MR) is 255 cm³/mol. The zero-order chi connectivity index (χ0) is 46.8. The van der Waals surface area contributed by atoms with Crippen LogP contribution in [-0.4, -0.2) is 77.5 Å². The third-order valence-electron chi connectivity index (χ3n) is 11.5. The van der Waals surface area contributed by atoms with Crippen molar-refractivity contribution in [1.29, 1.82) is 0 Å². The molecule has 342 valence electrons. The predicted octanol–water partition coefficient (Wildman–Crippen LogP) is 11.1. The second kappa shape index (κ2) is 25.7. The largest absolute Gasteiger partial charge is 0.460 e. The van der Waals surface area contributed by atoms with E-state index in [9.17, 15) is 28.8 Å². The molecule has 0 aliphatic carbocycles. The van der Waals surface area contributed by atoms with Crippen LogP contribution in [0.15, 0.2) is 84.9 Å². The van der Waals surface area contributed by atoms with Gasteiger partial charge < -0.3 is 23.3 Å². The Kier molecular flexibility index (Phi) is 20.6. The van der Waals surface area contributed by atoms with E-state index < -0.39 is 34.3 Å². The summed E-state index contributed by atoms with van der Waals surface area (Å²) >= 11 is 4.74. The second-order valence-electron chi connectivity index (χ2n) is 15.9. The molecule has 0 amide bonds. The minimum Gasteiger partial charge on any atom is -0.460 e. The second-order valence-corrected chi connectivity index (χ2v) is 16.3.